The van der Waals surface area contributed by atoms with Crippen molar-refractivity contribution in [2.24, 2.45) is 11.8 Å². The van der Waals surface area contributed by atoms with Gasteiger partial charge in [0.2, 0.25) is 5.91 Å². The summed E-state index contributed by atoms with van der Waals surface area (Å²) in [5.74, 6) is 1.16. The van der Waals surface area contributed by atoms with Crippen LogP contribution in [0, 0.1) is 11.8 Å². The first-order valence-corrected chi connectivity index (χ1v) is 13.0. The van der Waals surface area contributed by atoms with Crippen molar-refractivity contribution in [2.75, 3.05) is 32.7 Å². The fourth-order valence-electron chi connectivity index (χ4n) is 6.84. The van der Waals surface area contributed by atoms with E-state index in [4.69, 9.17) is 0 Å². The maximum absolute atomic E-state index is 13.3. The van der Waals surface area contributed by atoms with Gasteiger partial charge in [-0.05, 0) is 56.8 Å². The highest BCUT2D eigenvalue weighted by molar-refractivity contribution is 5.78. The predicted octanol–water partition coefficient (Wildman–Crippen LogP) is 2.54. The smallest absolute Gasteiger partial charge is 0.320 e. The van der Waals surface area contributed by atoms with Gasteiger partial charge in [-0.3, -0.25) is 4.79 Å². The summed E-state index contributed by atoms with van der Waals surface area (Å²) in [4.78, 5) is 44.1. The van der Waals surface area contributed by atoms with Crippen LogP contribution >= 0.6 is 0 Å². The zero-order valence-electron chi connectivity index (χ0n) is 19.3. The lowest BCUT2D eigenvalue weighted by Crippen LogP contribution is -2.62. The molecule has 2 N–H and O–H groups in total. The number of carbonyl (C=O) groups excluding carboxylic acids is 3. The fourth-order valence-corrected chi connectivity index (χ4v) is 6.84. The van der Waals surface area contributed by atoms with E-state index in [0.717, 1.165) is 64.6 Å². The van der Waals surface area contributed by atoms with Gasteiger partial charge < -0.3 is 25.3 Å². The molecule has 5 rings (SSSR count). The standard InChI is InChI=1S/C24H39N5O3/c30-22-8-4-7-21-18-13-17(15-29(21)22)14-28(16-18)24(32)27-11-9-20(10-12-27)26-23(31)25-19-5-2-1-3-6-19/h17-21H,1-16H2,(H2,25,26,31)/t17?,18?,21-/m1/s1. The number of rotatable bonds is 2. The highest BCUT2D eigenvalue weighted by atomic mass is 16.2. The third kappa shape index (κ3) is 4.69. The van der Waals surface area contributed by atoms with Crippen LogP contribution in [0.15, 0.2) is 0 Å². The maximum Gasteiger partial charge on any atom is 0.320 e. The largest absolute Gasteiger partial charge is 0.339 e. The summed E-state index contributed by atoms with van der Waals surface area (Å²) in [6.07, 6.45) is 11.4. The van der Waals surface area contributed by atoms with E-state index in [-0.39, 0.29) is 18.1 Å². The molecule has 1 saturated carbocycles. The van der Waals surface area contributed by atoms with Crippen molar-refractivity contribution >= 4 is 18.0 Å². The molecular formula is C24H39N5O3. The second-order valence-electron chi connectivity index (χ2n) is 10.8. The summed E-state index contributed by atoms with van der Waals surface area (Å²) in [7, 11) is 0. The Labute approximate surface area is 191 Å². The number of urea groups is 2. The first-order chi connectivity index (χ1) is 15.6. The number of hydrogen-bond donors (Lipinski definition) is 2. The van der Waals surface area contributed by atoms with Crippen LogP contribution in [-0.4, -0.2) is 83.5 Å². The van der Waals surface area contributed by atoms with E-state index in [9.17, 15) is 14.4 Å². The van der Waals surface area contributed by atoms with Gasteiger partial charge in [-0.15, -0.1) is 0 Å². The Balaban J connectivity index is 1.09. The van der Waals surface area contributed by atoms with Crippen LogP contribution in [0.2, 0.25) is 0 Å². The summed E-state index contributed by atoms with van der Waals surface area (Å²) in [5.41, 5.74) is 0. The second kappa shape index (κ2) is 9.48. The first kappa shape index (κ1) is 21.8. The van der Waals surface area contributed by atoms with Crippen molar-refractivity contribution in [3.05, 3.63) is 0 Å². The number of nitrogens with zero attached hydrogens (tertiary/aromatic N) is 3. The number of nitrogens with one attached hydrogen (secondary N) is 2. The van der Waals surface area contributed by atoms with Crippen molar-refractivity contribution in [3.8, 4) is 0 Å². The molecule has 1 aliphatic carbocycles. The van der Waals surface area contributed by atoms with Gasteiger partial charge >= 0.3 is 12.1 Å². The molecular weight excluding hydrogens is 406 g/mol. The summed E-state index contributed by atoms with van der Waals surface area (Å²) in [6.45, 7) is 3.78. The van der Waals surface area contributed by atoms with Crippen molar-refractivity contribution in [1.82, 2.24) is 25.3 Å². The van der Waals surface area contributed by atoms with E-state index in [1.54, 1.807) is 0 Å². The van der Waals surface area contributed by atoms with Gasteiger partial charge in [-0.1, -0.05) is 19.3 Å². The van der Waals surface area contributed by atoms with E-state index in [1.807, 2.05) is 4.90 Å². The molecule has 32 heavy (non-hydrogen) atoms. The molecule has 4 aliphatic heterocycles. The number of hydrogen-bond acceptors (Lipinski definition) is 3. The number of likely N-dealkylation sites (tertiary alicyclic amines) is 2. The SMILES string of the molecule is O=C(NC1CCCCC1)NC1CCN(C(=O)N2CC3CC(C2)[C@H]2CCCC(=O)N2C3)CC1. The Kier molecular flexibility index (Phi) is 6.47. The van der Waals surface area contributed by atoms with Gasteiger partial charge in [0.15, 0.2) is 0 Å². The van der Waals surface area contributed by atoms with Crippen LogP contribution in [0.3, 0.4) is 0 Å². The van der Waals surface area contributed by atoms with E-state index in [2.05, 4.69) is 20.4 Å². The van der Waals surface area contributed by atoms with E-state index in [0.29, 0.717) is 49.3 Å². The monoisotopic (exact) mass is 445 g/mol. The summed E-state index contributed by atoms with van der Waals surface area (Å²) < 4.78 is 0. The van der Waals surface area contributed by atoms with Crippen molar-refractivity contribution in [2.45, 2.75) is 88.8 Å². The lowest BCUT2D eigenvalue weighted by atomic mass is 9.76. The highest BCUT2D eigenvalue weighted by Crippen LogP contribution is 2.38. The molecule has 5 amide bonds. The molecule has 0 radical (unpaired) electrons. The Hall–Kier alpha value is -1.99. The maximum atomic E-state index is 13.3. The normalized spacial score (nSPS) is 31.8. The lowest BCUT2D eigenvalue weighted by Gasteiger charge is -2.53. The first-order valence-electron chi connectivity index (χ1n) is 13.0. The predicted molar refractivity (Wildman–Crippen MR) is 121 cm³/mol. The number of piperidine rings is 4. The lowest BCUT2D eigenvalue weighted by molar-refractivity contribution is -0.144. The van der Waals surface area contributed by atoms with Crippen LogP contribution in [0.1, 0.15) is 70.6 Å². The van der Waals surface area contributed by atoms with Crippen LogP contribution in [0.5, 0.6) is 0 Å². The highest BCUT2D eigenvalue weighted by Gasteiger charge is 2.45. The zero-order valence-corrected chi connectivity index (χ0v) is 19.3. The average molecular weight is 446 g/mol. The summed E-state index contributed by atoms with van der Waals surface area (Å²) in [5, 5.41) is 6.27. The quantitative estimate of drug-likeness (QED) is 0.685. The van der Waals surface area contributed by atoms with E-state index >= 15 is 0 Å². The minimum absolute atomic E-state index is 0.0443. The van der Waals surface area contributed by atoms with Crippen LogP contribution < -0.4 is 10.6 Å². The molecule has 0 aromatic heterocycles. The van der Waals surface area contributed by atoms with Crippen molar-refractivity contribution < 1.29 is 14.4 Å². The topological polar surface area (TPSA) is 85.0 Å². The molecule has 0 aromatic carbocycles. The molecule has 178 valence electrons. The van der Waals surface area contributed by atoms with Gasteiger partial charge in [0.05, 0.1) is 0 Å². The van der Waals surface area contributed by atoms with Crippen molar-refractivity contribution in [1.29, 1.82) is 0 Å². The number of amides is 5. The molecule has 2 bridgehead atoms. The van der Waals surface area contributed by atoms with Gasteiger partial charge in [0.25, 0.3) is 0 Å². The Bertz CT molecular complexity index is 716. The van der Waals surface area contributed by atoms with Gasteiger partial charge in [0, 0.05) is 57.3 Å². The molecule has 8 heteroatoms. The molecule has 4 saturated heterocycles. The van der Waals surface area contributed by atoms with Gasteiger partial charge in [-0.2, -0.15) is 0 Å². The minimum Gasteiger partial charge on any atom is -0.339 e. The van der Waals surface area contributed by atoms with Crippen molar-refractivity contribution in [3.63, 3.8) is 0 Å². The molecule has 5 fully saturated rings. The number of carbonyl (C=O) groups is 3. The Morgan fingerprint density at radius 1 is 0.781 bits per heavy atom. The Morgan fingerprint density at radius 3 is 2.25 bits per heavy atom. The molecule has 2 unspecified atom stereocenters. The van der Waals surface area contributed by atoms with Crippen LogP contribution in [0.4, 0.5) is 9.59 Å². The van der Waals surface area contributed by atoms with E-state index in [1.165, 1.54) is 19.3 Å². The molecule has 0 aromatic rings. The molecule has 5 aliphatic rings. The van der Waals surface area contributed by atoms with Gasteiger partial charge in [-0.25, -0.2) is 9.59 Å². The van der Waals surface area contributed by atoms with E-state index < -0.39 is 0 Å². The second-order valence-corrected chi connectivity index (χ2v) is 10.8. The number of fused-ring (bicyclic) bond motifs is 4. The third-order valence-corrected chi connectivity index (χ3v) is 8.49. The minimum atomic E-state index is -0.0443. The molecule has 4 heterocycles. The Morgan fingerprint density at radius 2 is 1.50 bits per heavy atom. The molecule has 3 atom stereocenters. The third-order valence-electron chi connectivity index (χ3n) is 8.49. The average Bonchev–Trinajstić information content (AvgIpc) is 2.80. The summed E-state index contributed by atoms with van der Waals surface area (Å²) >= 11 is 0. The molecule has 0 spiro atoms. The summed E-state index contributed by atoms with van der Waals surface area (Å²) in [6, 6.07) is 0.905. The van der Waals surface area contributed by atoms with Crippen LogP contribution in [-0.2, 0) is 4.79 Å². The molecule has 8 nitrogen and oxygen atoms in total. The van der Waals surface area contributed by atoms with Gasteiger partial charge in [0.1, 0.15) is 0 Å². The van der Waals surface area contributed by atoms with Crippen LogP contribution in [0.25, 0.3) is 0 Å². The fraction of sp³-hybridized carbons (Fsp3) is 0.875. The zero-order chi connectivity index (χ0) is 22.1.